The van der Waals surface area contributed by atoms with Gasteiger partial charge in [0.15, 0.2) is 0 Å². The van der Waals surface area contributed by atoms with Gasteiger partial charge in [0, 0.05) is 5.69 Å². The van der Waals surface area contributed by atoms with Gasteiger partial charge in [-0.15, -0.1) is 0 Å². The van der Waals surface area contributed by atoms with Crippen molar-refractivity contribution in [1.82, 2.24) is 0 Å². The largest absolute Gasteiger partial charge is 1.00 e. The van der Waals surface area contributed by atoms with Crippen molar-refractivity contribution in [1.29, 1.82) is 0 Å². The van der Waals surface area contributed by atoms with Crippen LogP contribution in [0, 0.1) is 0 Å². The fourth-order valence-corrected chi connectivity index (χ4v) is 1.07. The second-order valence-electron chi connectivity index (χ2n) is 3.60. The van der Waals surface area contributed by atoms with Crippen LogP contribution in [0.25, 0.3) is 0 Å². The minimum atomic E-state index is 0. The zero-order chi connectivity index (χ0) is 12.8. The van der Waals surface area contributed by atoms with E-state index in [1.54, 1.807) is 25.8 Å². The van der Waals surface area contributed by atoms with Crippen LogP contribution in [-0.2, 0) is 0 Å². The Labute approximate surface area is 124 Å². The molecule has 5 N–H and O–H groups in total. The Hall–Kier alpha value is -1.51. The zero-order valence-electron chi connectivity index (χ0n) is 10.6. The number of nitrogens with two attached hydrogens (primary N) is 2. The number of ether oxygens (including phenoxy) is 1. The lowest BCUT2D eigenvalue weighted by Gasteiger charge is -2.04. The molecule has 0 saturated heterocycles. The van der Waals surface area contributed by atoms with Crippen molar-refractivity contribution in [2.45, 2.75) is 0 Å². The predicted molar refractivity (Wildman–Crippen MR) is 69.5 cm³/mol. The zero-order valence-corrected chi connectivity index (χ0v) is 12.8. The summed E-state index contributed by atoms with van der Waals surface area (Å²) in [5.41, 5.74) is 12.1. The molecule has 0 unspecified atom stereocenters. The van der Waals surface area contributed by atoms with Crippen LogP contribution in [0.15, 0.2) is 29.3 Å². The van der Waals surface area contributed by atoms with Crippen LogP contribution >= 0.6 is 0 Å². The van der Waals surface area contributed by atoms with Gasteiger partial charge in [0.1, 0.15) is 5.75 Å². The minimum absolute atomic E-state index is 0. The third-order valence-corrected chi connectivity index (χ3v) is 2.06. The summed E-state index contributed by atoms with van der Waals surface area (Å²) in [7, 11) is 5.20. The van der Waals surface area contributed by atoms with Gasteiger partial charge >= 0.3 is 5.96 Å². The second kappa shape index (κ2) is 7.75. The molecule has 0 atom stereocenters. The number of aliphatic imine (C=N–C) groups is 1. The van der Waals surface area contributed by atoms with Gasteiger partial charge in [-0.3, -0.25) is 10.3 Å². The Kier molecular flexibility index (Phi) is 7.10. The van der Waals surface area contributed by atoms with E-state index in [1.807, 2.05) is 24.3 Å². The molecule has 1 aromatic carbocycles. The third-order valence-electron chi connectivity index (χ3n) is 2.06. The summed E-state index contributed by atoms with van der Waals surface area (Å²) < 4.78 is 6.72. The average molecular weight is 363 g/mol. The molecule has 1 aromatic rings. The van der Waals surface area contributed by atoms with E-state index in [0.29, 0.717) is 5.96 Å². The lowest BCUT2D eigenvalue weighted by molar-refractivity contribution is -0.466. The first-order valence-corrected chi connectivity index (χ1v) is 5.08. The van der Waals surface area contributed by atoms with Gasteiger partial charge in [-0.05, 0) is 29.3 Å². The Balaban J connectivity index is 0.00000289. The molecule has 0 amide bonds. The van der Waals surface area contributed by atoms with E-state index in [2.05, 4.69) is 10.3 Å². The lowest BCUT2D eigenvalue weighted by Crippen LogP contribution is -3.00. The van der Waals surface area contributed by atoms with Crippen molar-refractivity contribution in [3.05, 3.63) is 24.3 Å². The van der Waals surface area contributed by atoms with Crippen molar-refractivity contribution >= 4 is 17.6 Å². The Morgan fingerprint density at radius 3 is 2.22 bits per heavy atom. The summed E-state index contributed by atoms with van der Waals surface area (Å²) in [6.07, 6.45) is 0. The van der Waals surface area contributed by atoms with Gasteiger partial charge in [0.2, 0.25) is 0 Å². The Bertz CT molecular complexity index is 437. The molecule has 0 spiro atoms. The van der Waals surface area contributed by atoms with Gasteiger partial charge in [-0.2, -0.15) is 0 Å². The van der Waals surface area contributed by atoms with Crippen molar-refractivity contribution in [2.75, 3.05) is 26.5 Å². The van der Waals surface area contributed by atoms with Gasteiger partial charge in [0.05, 0.1) is 21.2 Å². The number of rotatable bonds is 2. The molecule has 0 aliphatic carbocycles. The molecule has 0 aliphatic rings. The van der Waals surface area contributed by atoms with Gasteiger partial charge in [0.25, 0.3) is 5.96 Å². The van der Waals surface area contributed by atoms with E-state index in [-0.39, 0.29) is 29.9 Å². The summed E-state index contributed by atoms with van der Waals surface area (Å²) >= 11 is 0. The normalized spacial score (nSPS) is 10.3. The first kappa shape index (κ1) is 16.5. The highest BCUT2D eigenvalue weighted by Gasteiger charge is 2.03. The van der Waals surface area contributed by atoms with Crippen molar-refractivity contribution in [2.24, 2.45) is 16.5 Å². The van der Waals surface area contributed by atoms with Crippen LogP contribution in [0.4, 0.5) is 5.69 Å². The van der Waals surface area contributed by atoms with Crippen LogP contribution in [0.3, 0.4) is 0 Å². The summed E-state index contributed by atoms with van der Waals surface area (Å²) in [4.78, 5) is 3.99. The number of guanidine groups is 2. The fourth-order valence-electron chi connectivity index (χ4n) is 1.07. The molecule has 0 bridgehead atoms. The smallest absolute Gasteiger partial charge is 0.387 e. The molecule has 0 fully saturated rings. The van der Waals surface area contributed by atoms with Crippen LogP contribution in [0.5, 0.6) is 5.75 Å². The standard InChI is InChI=1S/C11H17N5O.HI/c1-16(2)11(13)15-10(12)14-8-4-6-9(17-3)7-5-8;/h4-7H,1-3H3,(H4,12,13,14,15);1H. The molecule has 6 nitrogen and oxygen atoms in total. The molecule has 0 saturated carbocycles. The molecular weight excluding hydrogens is 345 g/mol. The summed E-state index contributed by atoms with van der Waals surface area (Å²) in [6, 6.07) is 7.34. The Morgan fingerprint density at radius 1 is 1.22 bits per heavy atom. The number of methoxy groups -OCH3 is 1. The van der Waals surface area contributed by atoms with Crippen molar-refractivity contribution in [3.63, 3.8) is 0 Å². The first-order valence-electron chi connectivity index (χ1n) is 5.08. The topological polar surface area (TPSA) is 88.7 Å². The highest BCUT2D eigenvalue weighted by atomic mass is 127. The van der Waals surface area contributed by atoms with Crippen LogP contribution < -0.4 is 45.5 Å². The molecule has 0 aliphatic heterocycles. The molecule has 18 heavy (non-hydrogen) atoms. The summed E-state index contributed by atoms with van der Waals surface area (Å²) in [5.74, 6) is 1.36. The van der Waals surface area contributed by atoms with Crippen molar-refractivity contribution in [3.8, 4) is 5.75 Å². The van der Waals surface area contributed by atoms with E-state index in [1.165, 1.54) is 0 Å². The van der Waals surface area contributed by atoms with Crippen molar-refractivity contribution < 1.29 is 33.3 Å². The molecule has 0 radical (unpaired) electrons. The minimum Gasteiger partial charge on any atom is -1.00 e. The van der Waals surface area contributed by atoms with E-state index in [0.717, 1.165) is 11.4 Å². The first-order chi connectivity index (χ1) is 8.02. The Morgan fingerprint density at radius 2 is 1.78 bits per heavy atom. The highest BCUT2D eigenvalue weighted by Crippen LogP contribution is 2.14. The molecule has 0 heterocycles. The van der Waals surface area contributed by atoms with Gasteiger partial charge in [-0.25, -0.2) is 0 Å². The second-order valence-corrected chi connectivity index (χ2v) is 3.60. The maximum absolute atomic E-state index is 5.70. The summed E-state index contributed by atoms with van der Waals surface area (Å²) in [6.45, 7) is 0. The third kappa shape index (κ3) is 5.21. The number of halogens is 1. The van der Waals surface area contributed by atoms with Crippen LogP contribution in [0.1, 0.15) is 0 Å². The van der Waals surface area contributed by atoms with E-state index in [9.17, 15) is 0 Å². The molecule has 0 aromatic heterocycles. The number of hydrogen-bond acceptors (Lipinski definition) is 1. The fraction of sp³-hybridized carbons (Fsp3) is 0.273. The summed E-state index contributed by atoms with van der Waals surface area (Å²) in [5, 5.41) is 2.92. The number of nitrogens with zero attached hydrogens (tertiary/aromatic N) is 2. The number of anilines is 1. The maximum Gasteiger partial charge on any atom is 0.387 e. The predicted octanol–water partition coefficient (Wildman–Crippen LogP) is -2.99. The van der Waals surface area contributed by atoms with E-state index >= 15 is 0 Å². The van der Waals surface area contributed by atoms with Crippen LogP contribution in [-0.4, -0.2) is 37.7 Å². The number of nitrogens with one attached hydrogen (secondary N) is 1. The molecule has 7 heteroatoms. The number of benzene rings is 1. The maximum atomic E-state index is 5.70. The van der Waals surface area contributed by atoms with Gasteiger partial charge < -0.3 is 39.8 Å². The van der Waals surface area contributed by atoms with Crippen LogP contribution in [0.2, 0.25) is 0 Å². The quantitative estimate of drug-likeness (QED) is 0.226. The highest BCUT2D eigenvalue weighted by molar-refractivity contribution is 5.99. The molecule has 100 valence electrons. The van der Waals surface area contributed by atoms with E-state index in [4.69, 9.17) is 16.2 Å². The SMILES string of the molecule is COc1ccc(N/C(N)=N/C(N)=[N+](C)C)cc1.[I-]. The van der Waals surface area contributed by atoms with Gasteiger partial charge in [-0.1, -0.05) is 0 Å². The molecule has 1 rings (SSSR count). The lowest BCUT2D eigenvalue weighted by atomic mass is 10.3. The van der Waals surface area contributed by atoms with E-state index < -0.39 is 0 Å². The monoisotopic (exact) mass is 363 g/mol. The number of hydrogen-bond donors (Lipinski definition) is 3. The molecular formula is C11H18IN5O. The average Bonchev–Trinajstić information content (AvgIpc) is 2.29.